The van der Waals surface area contributed by atoms with E-state index in [4.69, 9.17) is 0 Å². The first kappa shape index (κ1) is 11.5. The van der Waals surface area contributed by atoms with Crippen LogP contribution in [0.4, 0.5) is 0 Å². The zero-order valence-electron chi connectivity index (χ0n) is 9.57. The van der Waals surface area contributed by atoms with Crippen molar-refractivity contribution in [2.24, 2.45) is 0 Å². The lowest BCUT2D eigenvalue weighted by Gasteiger charge is -2.04. The predicted octanol–water partition coefficient (Wildman–Crippen LogP) is 2.76. The molecule has 1 aromatic heterocycles. The number of nitrogens with zero attached hydrogens (tertiary/aromatic N) is 2. The van der Waals surface area contributed by atoms with Crippen LogP contribution in [-0.4, -0.2) is 9.49 Å². The van der Waals surface area contributed by atoms with Crippen LogP contribution in [0.1, 0.15) is 30.8 Å². The zero-order chi connectivity index (χ0) is 11.6. The molecule has 0 saturated heterocycles. The van der Waals surface area contributed by atoms with Crippen LogP contribution in [0.15, 0.2) is 11.8 Å². The fraction of sp³-hybridized carbons (Fsp3) is 0.455. The summed E-state index contributed by atoms with van der Waals surface area (Å²) in [6, 6.07) is 1.98. The molecule has 0 aromatic carbocycles. The molecule has 0 aliphatic carbocycles. The Morgan fingerprint density at radius 1 is 1.60 bits per heavy atom. The summed E-state index contributed by atoms with van der Waals surface area (Å²) in [4.78, 5) is 10.1. The molecular weight excluding hydrogens is 192 g/mol. The Bertz CT molecular complexity index is 416. The molecule has 82 valence electrons. The van der Waals surface area contributed by atoms with Crippen molar-refractivity contribution in [2.45, 2.75) is 34.2 Å². The highest BCUT2D eigenvalue weighted by atomic mass is 16.6. The highest BCUT2D eigenvalue weighted by Crippen LogP contribution is 2.18. The summed E-state index contributed by atoms with van der Waals surface area (Å²) in [7, 11) is 0. The maximum atomic E-state index is 10.5. The van der Waals surface area contributed by atoms with Crippen molar-refractivity contribution in [2.75, 3.05) is 0 Å². The first-order valence-electron chi connectivity index (χ1n) is 4.96. The van der Waals surface area contributed by atoms with Crippen molar-refractivity contribution < 1.29 is 4.92 Å². The van der Waals surface area contributed by atoms with Crippen LogP contribution in [0.3, 0.4) is 0 Å². The number of aryl methyl sites for hydroxylation is 1. The SMILES string of the molecule is CCn1c(C)cc(/C=C(/C)[N+](=O)[O-])c1C. The van der Waals surface area contributed by atoms with Gasteiger partial charge in [-0.3, -0.25) is 10.1 Å². The second-order valence-electron chi connectivity index (χ2n) is 3.61. The van der Waals surface area contributed by atoms with Gasteiger partial charge in [0, 0.05) is 36.5 Å². The Hall–Kier alpha value is -1.58. The van der Waals surface area contributed by atoms with E-state index in [0.717, 1.165) is 23.5 Å². The molecule has 0 saturated carbocycles. The van der Waals surface area contributed by atoms with Crippen molar-refractivity contribution >= 4 is 6.08 Å². The standard InChI is InChI=1S/C11H16N2O2/c1-5-12-8(2)6-11(10(12)4)7-9(3)13(14)15/h6-7H,5H2,1-4H3/b9-7-. The van der Waals surface area contributed by atoms with Gasteiger partial charge in [-0.05, 0) is 26.8 Å². The fourth-order valence-electron chi connectivity index (χ4n) is 1.74. The summed E-state index contributed by atoms with van der Waals surface area (Å²) in [5.41, 5.74) is 3.32. The van der Waals surface area contributed by atoms with Crippen molar-refractivity contribution in [1.29, 1.82) is 0 Å². The Balaban J connectivity index is 3.17. The average molecular weight is 208 g/mol. The largest absolute Gasteiger partial charge is 0.349 e. The molecular formula is C11H16N2O2. The third kappa shape index (κ3) is 2.26. The molecule has 0 fully saturated rings. The second kappa shape index (κ2) is 4.29. The van der Waals surface area contributed by atoms with Crippen molar-refractivity contribution in [3.8, 4) is 0 Å². The van der Waals surface area contributed by atoms with E-state index in [-0.39, 0.29) is 10.6 Å². The van der Waals surface area contributed by atoms with Crippen LogP contribution in [0.2, 0.25) is 0 Å². The zero-order valence-corrected chi connectivity index (χ0v) is 9.57. The summed E-state index contributed by atoms with van der Waals surface area (Å²) in [6.45, 7) is 8.46. The number of allylic oxidation sites excluding steroid dienone is 1. The van der Waals surface area contributed by atoms with E-state index >= 15 is 0 Å². The van der Waals surface area contributed by atoms with E-state index in [2.05, 4.69) is 11.5 Å². The molecule has 0 unspecified atom stereocenters. The summed E-state index contributed by atoms with van der Waals surface area (Å²) in [5.74, 6) is 0. The third-order valence-electron chi connectivity index (χ3n) is 2.58. The van der Waals surface area contributed by atoms with Crippen molar-refractivity contribution in [3.05, 3.63) is 38.8 Å². The lowest BCUT2D eigenvalue weighted by molar-refractivity contribution is -0.422. The Kier molecular flexibility index (Phi) is 3.29. The van der Waals surface area contributed by atoms with E-state index in [1.165, 1.54) is 6.92 Å². The van der Waals surface area contributed by atoms with Gasteiger partial charge >= 0.3 is 0 Å². The minimum absolute atomic E-state index is 0.173. The molecule has 0 aliphatic heterocycles. The molecule has 1 rings (SSSR count). The molecule has 0 aliphatic rings. The van der Waals surface area contributed by atoms with Gasteiger partial charge < -0.3 is 4.57 Å². The van der Waals surface area contributed by atoms with Crippen LogP contribution in [-0.2, 0) is 6.54 Å². The maximum absolute atomic E-state index is 10.5. The van der Waals surface area contributed by atoms with Crippen molar-refractivity contribution in [3.63, 3.8) is 0 Å². The monoisotopic (exact) mass is 208 g/mol. The Labute approximate surface area is 89.4 Å². The van der Waals surface area contributed by atoms with E-state index in [9.17, 15) is 10.1 Å². The average Bonchev–Trinajstić information content (AvgIpc) is 2.41. The van der Waals surface area contributed by atoms with Gasteiger partial charge in [-0.25, -0.2) is 0 Å². The number of nitro groups is 1. The molecule has 4 heteroatoms. The van der Waals surface area contributed by atoms with E-state index in [1.807, 2.05) is 19.9 Å². The van der Waals surface area contributed by atoms with Gasteiger partial charge in [0.1, 0.15) is 0 Å². The van der Waals surface area contributed by atoms with E-state index in [1.54, 1.807) is 6.08 Å². The molecule has 15 heavy (non-hydrogen) atoms. The lowest BCUT2D eigenvalue weighted by atomic mass is 10.2. The Morgan fingerprint density at radius 3 is 2.60 bits per heavy atom. The van der Waals surface area contributed by atoms with Crippen LogP contribution in [0.5, 0.6) is 0 Å². The summed E-state index contributed by atoms with van der Waals surface area (Å²) in [6.07, 6.45) is 1.62. The number of hydrogen-bond acceptors (Lipinski definition) is 2. The molecule has 0 N–H and O–H groups in total. The van der Waals surface area contributed by atoms with Crippen LogP contribution < -0.4 is 0 Å². The highest BCUT2D eigenvalue weighted by Gasteiger charge is 2.09. The van der Waals surface area contributed by atoms with Gasteiger partial charge in [0.25, 0.3) is 0 Å². The van der Waals surface area contributed by atoms with Gasteiger partial charge in [-0.2, -0.15) is 0 Å². The number of aromatic nitrogens is 1. The van der Waals surface area contributed by atoms with Crippen LogP contribution in [0, 0.1) is 24.0 Å². The smallest absolute Gasteiger partial charge is 0.243 e. The lowest BCUT2D eigenvalue weighted by Crippen LogP contribution is -1.99. The van der Waals surface area contributed by atoms with E-state index < -0.39 is 0 Å². The topological polar surface area (TPSA) is 48.1 Å². The maximum Gasteiger partial charge on any atom is 0.243 e. The molecule has 0 amide bonds. The predicted molar refractivity (Wildman–Crippen MR) is 60.2 cm³/mol. The van der Waals surface area contributed by atoms with E-state index in [0.29, 0.717) is 0 Å². The molecule has 4 nitrogen and oxygen atoms in total. The van der Waals surface area contributed by atoms with Gasteiger partial charge in [-0.15, -0.1) is 0 Å². The first-order chi connectivity index (χ1) is 6.97. The summed E-state index contributed by atoms with van der Waals surface area (Å²) >= 11 is 0. The van der Waals surface area contributed by atoms with Crippen LogP contribution >= 0.6 is 0 Å². The molecule has 0 bridgehead atoms. The molecule has 1 aromatic rings. The van der Waals surface area contributed by atoms with Gasteiger partial charge in [0.2, 0.25) is 5.70 Å². The summed E-state index contributed by atoms with van der Waals surface area (Å²) < 4.78 is 2.14. The normalized spacial score (nSPS) is 11.9. The molecule has 0 radical (unpaired) electrons. The third-order valence-corrected chi connectivity index (χ3v) is 2.58. The Morgan fingerprint density at radius 2 is 2.20 bits per heavy atom. The first-order valence-corrected chi connectivity index (χ1v) is 4.96. The minimum Gasteiger partial charge on any atom is -0.349 e. The second-order valence-corrected chi connectivity index (χ2v) is 3.61. The molecule has 0 spiro atoms. The van der Waals surface area contributed by atoms with Crippen molar-refractivity contribution in [1.82, 2.24) is 4.57 Å². The highest BCUT2D eigenvalue weighted by molar-refractivity contribution is 5.54. The van der Waals surface area contributed by atoms with Crippen LogP contribution in [0.25, 0.3) is 6.08 Å². The molecule has 1 heterocycles. The minimum atomic E-state index is -0.363. The van der Waals surface area contributed by atoms with Gasteiger partial charge in [0.15, 0.2) is 0 Å². The fourth-order valence-corrected chi connectivity index (χ4v) is 1.74. The number of hydrogen-bond donors (Lipinski definition) is 0. The molecule has 0 atom stereocenters. The van der Waals surface area contributed by atoms with Gasteiger partial charge in [0.05, 0.1) is 4.92 Å². The van der Waals surface area contributed by atoms with Gasteiger partial charge in [-0.1, -0.05) is 0 Å². The quantitative estimate of drug-likeness (QED) is 0.566. The number of rotatable bonds is 3. The summed E-state index contributed by atoms with van der Waals surface area (Å²) in [5, 5.41) is 10.5.